The van der Waals surface area contributed by atoms with E-state index in [1.807, 2.05) is 6.92 Å². The molecule has 2 atom stereocenters. The van der Waals surface area contributed by atoms with Crippen molar-refractivity contribution in [3.8, 4) is 0 Å². The average molecular weight is 551 g/mol. The second-order valence-electron chi connectivity index (χ2n) is 9.41. The molecule has 0 radical (unpaired) electrons. The number of carbonyl (C=O) groups excluding carboxylic acids is 2. The third-order valence-corrected chi connectivity index (χ3v) is 7.85. The summed E-state index contributed by atoms with van der Waals surface area (Å²) < 4.78 is 40.6. The summed E-state index contributed by atoms with van der Waals surface area (Å²) in [5.41, 5.74) is 2.15. The smallest absolute Gasteiger partial charge is 0.331 e. The minimum Gasteiger partial charge on any atom is -0.331 e. The highest BCUT2D eigenvalue weighted by Gasteiger charge is 2.39. The maximum Gasteiger partial charge on any atom is 0.416 e. The molecule has 0 fully saturated rings. The van der Waals surface area contributed by atoms with Crippen LogP contribution >= 0.6 is 23.2 Å². The quantitative estimate of drug-likeness (QED) is 0.401. The fraction of sp³-hybridized carbons (Fsp3) is 0.346. The topological polar surface area (TPSA) is 58.4 Å². The lowest BCUT2D eigenvalue weighted by molar-refractivity contribution is -0.137. The van der Waals surface area contributed by atoms with Gasteiger partial charge in [-0.3, -0.25) is 14.3 Å². The number of alkyl halides is 3. The Morgan fingerprint density at radius 3 is 2.43 bits per heavy atom. The zero-order chi connectivity index (χ0) is 26.6. The number of carbonyl (C=O) groups is 2. The van der Waals surface area contributed by atoms with Crippen LogP contribution in [0.5, 0.6) is 0 Å². The SMILES string of the molecule is CC(c1ccc(C(F)(F)F)cc1)N1CCn2nc3c(c2C1=O)CN(C(=O)c1ccc(Cl)c(Cl)c1)[C@H](C)C3. The lowest BCUT2D eigenvalue weighted by atomic mass is 9.97. The first kappa shape index (κ1) is 25.6. The Labute approximate surface area is 221 Å². The van der Waals surface area contributed by atoms with Gasteiger partial charge in [0.25, 0.3) is 11.8 Å². The maximum atomic E-state index is 13.7. The molecule has 0 saturated carbocycles. The van der Waals surface area contributed by atoms with Crippen molar-refractivity contribution in [2.75, 3.05) is 6.54 Å². The van der Waals surface area contributed by atoms with Crippen molar-refractivity contribution < 1.29 is 22.8 Å². The van der Waals surface area contributed by atoms with Crippen LogP contribution in [0, 0.1) is 0 Å². The zero-order valence-corrected chi connectivity index (χ0v) is 21.5. The first-order valence-electron chi connectivity index (χ1n) is 11.8. The van der Waals surface area contributed by atoms with Crippen molar-refractivity contribution in [1.29, 1.82) is 0 Å². The Hall–Kier alpha value is -3.04. The number of nitrogens with zero attached hydrogens (tertiary/aromatic N) is 4. The molecule has 0 bridgehead atoms. The second-order valence-corrected chi connectivity index (χ2v) is 10.2. The molecule has 0 N–H and O–H groups in total. The van der Waals surface area contributed by atoms with Gasteiger partial charge in [0.05, 0.1) is 40.4 Å². The van der Waals surface area contributed by atoms with Gasteiger partial charge in [-0.2, -0.15) is 18.3 Å². The molecule has 1 aromatic heterocycles. The molecule has 2 aliphatic heterocycles. The monoisotopic (exact) mass is 550 g/mol. The van der Waals surface area contributed by atoms with E-state index in [1.165, 1.54) is 18.2 Å². The van der Waals surface area contributed by atoms with E-state index in [1.54, 1.807) is 33.5 Å². The van der Waals surface area contributed by atoms with E-state index in [4.69, 9.17) is 23.2 Å². The van der Waals surface area contributed by atoms with Crippen LogP contribution in [0.15, 0.2) is 42.5 Å². The summed E-state index contributed by atoms with van der Waals surface area (Å²) in [5, 5.41) is 5.29. The lowest BCUT2D eigenvalue weighted by Gasteiger charge is -2.35. The minimum absolute atomic E-state index is 0.149. The number of halogens is 5. The number of aromatic nitrogens is 2. The van der Waals surface area contributed by atoms with Gasteiger partial charge in [-0.1, -0.05) is 35.3 Å². The Balaban J connectivity index is 1.41. The summed E-state index contributed by atoms with van der Waals surface area (Å²) in [4.78, 5) is 30.3. The predicted octanol–water partition coefficient (Wildman–Crippen LogP) is 6.01. The van der Waals surface area contributed by atoms with E-state index in [2.05, 4.69) is 5.10 Å². The van der Waals surface area contributed by atoms with Crippen molar-refractivity contribution in [3.63, 3.8) is 0 Å². The standard InChI is InChI=1S/C26H23Cl2F3N4O2/c1-14-11-22-19(13-34(14)24(36)17-5-8-20(27)21(28)12-17)23-25(37)33(9-10-35(23)32-22)15(2)16-3-6-18(7-4-16)26(29,30)31/h3-8,12,14-15H,9-11,13H2,1-2H3/t14-,15?/m1/s1. The highest BCUT2D eigenvalue weighted by molar-refractivity contribution is 6.42. The molecule has 37 heavy (non-hydrogen) atoms. The molecule has 3 heterocycles. The molecule has 3 aromatic rings. The Kier molecular flexibility index (Phi) is 6.48. The first-order chi connectivity index (χ1) is 17.5. The van der Waals surface area contributed by atoms with Crippen molar-refractivity contribution in [2.24, 2.45) is 0 Å². The molecule has 11 heteroatoms. The van der Waals surface area contributed by atoms with Crippen LogP contribution in [-0.4, -0.2) is 44.0 Å². The molecule has 2 aromatic carbocycles. The largest absolute Gasteiger partial charge is 0.416 e. The van der Waals surface area contributed by atoms with Gasteiger partial charge >= 0.3 is 6.18 Å². The van der Waals surface area contributed by atoms with Crippen LogP contribution in [0.4, 0.5) is 13.2 Å². The number of rotatable bonds is 3. The second kappa shape index (κ2) is 9.36. The van der Waals surface area contributed by atoms with Crippen molar-refractivity contribution in [3.05, 3.63) is 86.2 Å². The van der Waals surface area contributed by atoms with Crippen LogP contribution in [0.2, 0.25) is 10.0 Å². The maximum absolute atomic E-state index is 13.7. The first-order valence-corrected chi connectivity index (χ1v) is 12.5. The fourth-order valence-corrected chi connectivity index (χ4v) is 5.30. The highest BCUT2D eigenvalue weighted by Crippen LogP contribution is 2.34. The normalized spacial score (nSPS) is 18.5. The number of hydrogen-bond donors (Lipinski definition) is 0. The van der Waals surface area contributed by atoms with Crippen LogP contribution in [0.3, 0.4) is 0 Å². The van der Waals surface area contributed by atoms with Crippen LogP contribution in [0.1, 0.15) is 63.1 Å². The van der Waals surface area contributed by atoms with Gasteiger partial charge in [-0.15, -0.1) is 0 Å². The van der Waals surface area contributed by atoms with E-state index in [9.17, 15) is 22.8 Å². The molecule has 0 saturated heterocycles. The number of benzene rings is 2. The Bertz CT molecular complexity index is 1390. The average Bonchev–Trinajstić information content (AvgIpc) is 3.22. The van der Waals surface area contributed by atoms with Gasteiger partial charge in [0.2, 0.25) is 0 Å². The van der Waals surface area contributed by atoms with Gasteiger partial charge in [-0.05, 0) is 49.7 Å². The number of amides is 2. The van der Waals surface area contributed by atoms with Crippen molar-refractivity contribution >= 4 is 35.0 Å². The molecule has 0 aliphatic carbocycles. The minimum atomic E-state index is -4.42. The molecular weight excluding hydrogens is 528 g/mol. The molecule has 6 nitrogen and oxygen atoms in total. The molecule has 2 aliphatic rings. The fourth-order valence-electron chi connectivity index (χ4n) is 5.00. The molecule has 2 amide bonds. The Morgan fingerprint density at radius 1 is 1.08 bits per heavy atom. The summed E-state index contributed by atoms with van der Waals surface area (Å²) in [7, 11) is 0. The third kappa shape index (κ3) is 4.59. The summed E-state index contributed by atoms with van der Waals surface area (Å²) in [6, 6.07) is 8.99. The number of hydrogen-bond acceptors (Lipinski definition) is 3. The van der Waals surface area contributed by atoms with Gasteiger partial charge < -0.3 is 9.80 Å². The summed E-state index contributed by atoms with van der Waals surface area (Å²) >= 11 is 12.1. The van der Waals surface area contributed by atoms with Crippen molar-refractivity contribution in [2.45, 2.75) is 51.6 Å². The third-order valence-electron chi connectivity index (χ3n) is 7.11. The van der Waals surface area contributed by atoms with Crippen LogP contribution in [0.25, 0.3) is 0 Å². The molecule has 5 rings (SSSR count). The van der Waals surface area contributed by atoms with Crippen LogP contribution in [-0.2, 0) is 25.7 Å². The van der Waals surface area contributed by atoms with Gasteiger partial charge in [0.1, 0.15) is 5.69 Å². The molecule has 0 spiro atoms. The van der Waals surface area contributed by atoms with Gasteiger partial charge in [-0.25, -0.2) is 0 Å². The van der Waals surface area contributed by atoms with E-state index in [0.717, 1.165) is 17.8 Å². The molecular formula is C26H23Cl2F3N4O2. The van der Waals surface area contributed by atoms with Crippen molar-refractivity contribution in [1.82, 2.24) is 19.6 Å². The summed E-state index contributed by atoms with van der Waals surface area (Å²) in [6.07, 6.45) is -3.93. The summed E-state index contributed by atoms with van der Waals surface area (Å²) in [5.74, 6) is -0.487. The van der Waals surface area contributed by atoms with E-state index in [0.29, 0.717) is 46.9 Å². The molecule has 194 valence electrons. The Morgan fingerprint density at radius 2 is 1.78 bits per heavy atom. The van der Waals surface area contributed by atoms with Gasteiger partial charge in [0.15, 0.2) is 0 Å². The van der Waals surface area contributed by atoms with Gasteiger partial charge in [0, 0.05) is 30.1 Å². The van der Waals surface area contributed by atoms with E-state index in [-0.39, 0.29) is 29.4 Å². The zero-order valence-electron chi connectivity index (χ0n) is 20.0. The van der Waals surface area contributed by atoms with E-state index < -0.39 is 17.8 Å². The highest BCUT2D eigenvalue weighted by atomic mass is 35.5. The van der Waals surface area contributed by atoms with Crippen LogP contribution < -0.4 is 0 Å². The number of fused-ring (bicyclic) bond motifs is 3. The van der Waals surface area contributed by atoms with E-state index >= 15 is 0 Å². The lowest BCUT2D eigenvalue weighted by Crippen LogP contribution is -2.44. The predicted molar refractivity (Wildman–Crippen MR) is 133 cm³/mol. The molecule has 1 unspecified atom stereocenters. The summed E-state index contributed by atoms with van der Waals surface area (Å²) in [6.45, 7) is 4.75.